The van der Waals surface area contributed by atoms with Crippen LogP contribution in [-0.4, -0.2) is 41.5 Å². The number of likely N-dealkylation sites (N-methyl/N-ethyl adjacent to an activating group) is 1. The number of amides is 1. The number of carbonyl (C=O) groups is 1. The summed E-state index contributed by atoms with van der Waals surface area (Å²) in [5.74, 6) is -0.369. The van der Waals surface area contributed by atoms with Crippen molar-refractivity contribution in [3.05, 3.63) is 77.3 Å². The number of benzene rings is 2. The molecule has 3 N–H and O–H groups in total. The van der Waals surface area contributed by atoms with Gasteiger partial charge in [-0.3, -0.25) is 4.79 Å². The van der Waals surface area contributed by atoms with E-state index in [0.717, 1.165) is 5.56 Å². The Morgan fingerprint density at radius 2 is 1.89 bits per heavy atom. The number of rotatable bonds is 9. The maximum Gasteiger partial charge on any atom is 0.252 e. The Morgan fingerprint density at radius 1 is 1.21 bits per heavy atom. The topological polar surface area (TPSA) is 79.7 Å². The quantitative estimate of drug-likeness (QED) is 0.535. The number of hydrogen-bond donors (Lipinski definition) is 3. The average Bonchev–Trinajstić information content (AvgIpc) is 2.66. The first-order valence-corrected chi connectivity index (χ1v) is 10.7. The monoisotopic (exact) mass is 422 g/mol. The Bertz CT molecular complexity index is 931. The standard InChI is InChI=1S/C20H24ClN3O3S/c1-4-12-22-28(26,27)19-13-16(10-11-17(19)21)20(25)23-18(14-24(2)3)15-8-6-5-7-9-15/h4-11,13,18,22H,1,12,14H2,2-3H3,(H,23,25)/p+1/t18-/m1/s1. The molecule has 0 saturated carbocycles. The maximum atomic E-state index is 12.8. The van der Waals surface area contributed by atoms with E-state index in [4.69, 9.17) is 11.6 Å². The third-order valence-electron chi connectivity index (χ3n) is 4.02. The molecular weight excluding hydrogens is 398 g/mol. The summed E-state index contributed by atoms with van der Waals surface area (Å²) >= 11 is 6.05. The van der Waals surface area contributed by atoms with Gasteiger partial charge in [-0.25, -0.2) is 13.1 Å². The second-order valence-corrected chi connectivity index (χ2v) is 8.78. The summed E-state index contributed by atoms with van der Waals surface area (Å²) in [5.41, 5.74) is 1.20. The molecule has 0 saturated heterocycles. The lowest BCUT2D eigenvalue weighted by Crippen LogP contribution is -3.06. The Morgan fingerprint density at radius 3 is 2.50 bits per heavy atom. The molecule has 1 atom stereocenters. The second kappa shape index (κ2) is 9.84. The molecule has 2 aromatic rings. The van der Waals surface area contributed by atoms with Crippen LogP contribution in [0.5, 0.6) is 0 Å². The number of halogens is 1. The zero-order valence-corrected chi connectivity index (χ0v) is 17.5. The molecule has 0 fully saturated rings. The summed E-state index contributed by atoms with van der Waals surface area (Å²) in [7, 11) is 0.155. The lowest BCUT2D eigenvalue weighted by molar-refractivity contribution is -0.860. The molecular formula is C20H25ClN3O3S+. The number of quaternary nitrogens is 1. The van der Waals surface area contributed by atoms with Crippen LogP contribution in [0.4, 0.5) is 0 Å². The van der Waals surface area contributed by atoms with Crippen LogP contribution in [0.25, 0.3) is 0 Å². The molecule has 2 rings (SSSR count). The van der Waals surface area contributed by atoms with Gasteiger partial charge < -0.3 is 10.2 Å². The highest BCUT2D eigenvalue weighted by Crippen LogP contribution is 2.23. The molecule has 0 aliphatic heterocycles. The van der Waals surface area contributed by atoms with E-state index in [9.17, 15) is 13.2 Å². The van der Waals surface area contributed by atoms with Gasteiger partial charge in [-0.1, -0.05) is 48.0 Å². The van der Waals surface area contributed by atoms with E-state index < -0.39 is 10.0 Å². The number of hydrogen-bond acceptors (Lipinski definition) is 3. The molecule has 0 bridgehead atoms. The van der Waals surface area contributed by atoms with Gasteiger partial charge in [0.1, 0.15) is 17.5 Å². The van der Waals surface area contributed by atoms with E-state index in [0.29, 0.717) is 6.54 Å². The van der Waals surface area contributed by atoms with E-state index in [1.54, 1.807) is 0 Å². The maximum absolute atomic E-state index is 12.8. The number of sulfonamides is 1. The van der Waals surface area contributed by atoms with Crippen molar-refractivity contribution in [2.45, 2.75) is 10.9 Å². The zero-order chi connectivity index (χ0) is 20.7. The van der Waals surface area contributed by atoms with Gasteiger partial charge in [-0.05, 0) is 23.8 Å². The van der Waals surface area contributed by atoms with Gasteiger partial charge in [0.25, 0.3) is 5.91 Å². The van der Waals surface area contributed by atoms with Gasteiger partial charge in [0.05, 0.1) is 19.1 Å². The van der Waals surface area contributed by atoms with Crippen molar-refractivity contribution in [3.63, 3.8) is 0 Å². The molecule has 0 heterocycles. The fraction of sp³-hybridized carbons (Fsp3) is 0.250. The lowest BCUT2D eigenvalue weighted by atomic mass is 10.1. The smallest absolute Gasteiger partial charge is 0.252 e. The Balaban J connectivity index is 2.30. The Hall–Kier alpha value is -2.19. The highest BCUT2D eigenvalue weighted by Gasteiger charge is 2.22. The minimum Gasteiger partial charge on any atom is -0.340 e. The summed E-state index contributed by atoms with van der Waals surface area (Å²) in [5, 5.41) is 3.03. The molecule has 0 aliphatic rings. The van der Waals surface area contributed by atoms with Crippen molar-refractivity contribution in [1.82, 2.24) is 10.0 Å². The minimum atomic E-state index is -3.85. The van der Waals surface area contributed by atoms with E-state index in [2.05, 4.69) is 16.6 Å². The van der Waals surface area contributed by atoms with Crippen LogP contribution in [0.15, 0.2) is 66.1 Å². The normalized spacial score (nSPS) is 12.6. The second-order valence-electron chi connectivity index (χ2n) is 6.63. The van der Waals surface area contributed by atoms with Crippen molar-refractivity contribution in [2.75, 3.05) is 27.2 Å². The molecule has 0 aliphatic carbocycles. The molecule has 0 aromatic heterocycles. The predicted molar refractivity (Wildman–Crippen MR) is 111 cm³/mol. The van der Waals surface area contributed by atoms with E-state index >= 15 is 0 Å². The first-order chi connectivity index (χ1) is 13.2. The highest BCUT2D eigenvalue weighted by molar-refractivity contribution is 7.89. The average molecular weight is 423 g/mol. The largest absolute Gasteiger partial charge is 0.340 e. The van der Waals surface area contributed by atoms with Crippen molar-refractivity contribution < 1.29 is 18.1 Å². The molecule has 1 amide bonds. The molecule has 0 radical (unpaired) electrons. The number of nitrogens with one attached hydrogen (secondary N) is 3. The molecule has 8 heteroatoms. The fourth-order valence-electron chi connectivity index (χ4n) is 2.68. The fourth-order valence-corrected chi connectivity index (χ4v) is 4.21. The van der Waals surface area contributed by atoms with E-state index in [1.807, 2.05) is 44.4 Å². The van der Waals surface area contributed by atoms with Crippen LogP contribution in [0.1, 0.15) is 22.0 Å². The summed E-state index contributed by atoms with van der Waals surface area (Å²) in [6.07, 6.45) is 1.43. The van der Waals surface area contributed by atoms with E-state index in [1.165, 1.54) is 29.2 Å². The van der Waals surface area contributed by atoms with Crippen LogP contribution in [0, 0.1) is 0 Å². The summed E-state index contributed by atoms with van der Waals surface area (Å²) < 4.78 is 27.2. The first-order valence-electron chi connectivity index (χ1n) is 8.79. The molecule has 28 heavy (non-hydrogen) atoms. The number of carbonyl (C=O) groups excluding carboxylic acids is 1. The van der Waals surface area contributed by atoms with Crippen LogP contribution in [0.3, 0.4) is 0 Å². The van der Waals surface area contributed by atoms with Gasteiger partial charge in [-0.15, -0.1) is 6.58 Å². The third kappa shape index (κ3) is 5.90. The Kier molecular flexibility index (Phi) is 7.77. The molecule has 0 spiro atoms. The van der Waals surface area contributed by atoms with Crippen molar-refractivity contribution in [2.24, 2.45) is 0 Å². The molecule has 6 nitrogen and oxygen atoms in total. The minimum absolute atomic E-state index is 0.0467. The zero-order valence-electron chi connectivity index (χ0n) is 15.9. The summed E-state index contributed by atoms with van der Waals surface area (Å²) in [6.45, 7) is 4.23. The van der Waals surface area contributed by atoms with Crippen molar-refractivity contribution in [1.29, 1.82) is 0 Å². The van der Waals surface area contributed by atoms with Crippen molar-refractivity contribution >= 4 is 27.5 Å². The molecule has 150 valence electrons. The highest BCUT2D eigenvalue weighted by atomic mass is 35.5. The molecule has 0 unspecified atom stereocenters. The van der Waals surface area contributed by atoms with Gasteiger partial charge in [0.15, 0.2) is 0 Å². The van der Waals surface area contributed by atoms with Crippen LogP contribution >= 0.6 is 11.6 Å². The lowest BCUT2D eigenvalue weighted by Gasteiger charge is -2.21. The Labute approximate surface area is 171 Å². The van der Waals surface area contributed by atoms with Crippen LogP contribution < -0.4 is 14.9 Å². The van der Waals surface area contributed by atoms with Crippen LogP contribution in [-0.2, 0) is 10.0 Å². The summed E-state index contributed by atoms with van der Waals surface area (Å²) in [4.78, 5) is 13.8. The summed E-state index contributed by atoms with van der Waals surface area (Å²) in [6, 6.07) is 13.6. The van der Waals surface area contributed by atoms with Gasteiger partial charge >= 0.3 is 0 Å². The van der Waals surface area contributed by atoms with Gasteiger partial charge in [0, 0.05) is 12.1 Å². The van der Waals surface area contributed by atoms with E-state index in [-0.39, 0.29) is 34.0 Å². The van der Waals surface area contributed by atoms with Crippen molar-refractivity contribution in [3.8, 4) is 0 Å². The van der Waals surface area contributed by atoms with Gasteiger partial charge in [0.2, 0.25) is 10.0 Å². The van der Waals surface area contributed by atoms with Gasteiger partial charge in [-0.2, -0.15) is 0 Å². The first kappa shape index (κ1) is 22.1. The van der Waals surface area contributed by atoms with Crippen LogP contribution in [0.2, 0.25) is 5.02 Å². The predicted octanol–water partition coefficient (Wildman–Crippen LogP) is 1.42. The molecule has 2 aromatic carbocycles. The third-order valence-corrected chi connectivity index (χ3v) is 5.93. The SMILES string of the molecule is C=CCNS(=O)(=O)c1cc(C(=O)N[C@H](C[NH+](C)C)c2ccccc2)ccc1Cl.